The zero-order valence-corrected chi connectivity index (χ0v) is 15.0. The first-order valence-corrected chi connectivity index (χ1v) is 8.87. The van der Waals surface area contributed by atoms with E-state index in [2.05, 4.69) is 68.1 Å². The fourth-order valence-electron chi connectivity index (χ4n) is 2.92. The van der Waals surface area contributed by atoms with Crippen LogP contribution in [-0.2, 0) is 6.42 Å². The van der Waals surface area contributed by atoms with E-state index < -0.39 is 0 Å². The molecule has 126 valence electrons. The third kappa shape index (κ3) is 4.94. The second-order valence-electron chi connectivity index (χ2n) is 6.37. The van der Waals surface area contributed by atoms with E-state index in [-0.39, 0.29) is 0 Å². The third-order valence-electron chi connectivity index (χ3n) is 4.35. The Morgan fingerprint density at radius 1 is 1.00 bits per heavy atom. The highest BCUT2D eigenvalue weighted by Gasteiger charge is 2.04. The van der Waals surface area contributed by atoms with E-state index in [1.165, 1.54) is 40.7 Å². The van der Waals surface area contributed by atoms with Crippen molar-refractivity contribution in [1.82, 2.24) is 0 Å². The first-order chi connectivity index (χ1) is 11.7. The van der Waals surface area contributed by atoms with Crippen LogP contribution < -0.4 is 5.73 Å². The lowest BCUT2D eigenvalue weighted by Gasteiger charge is -2.10. The molecule has 0 aromatic heterocycles. The smallest absolute Gasteiger partial charge is 0.00773 e. The summed E-state index contributed by atoms with van der Waals surface area (Å²) >= 11 is 0. The van der Waals surface area contributed by atoms with E-state index in [0.717, 1.165) is 25.0 Å². The average Bonchev–Trinajstić information content (AvgIpc) is 2.60. The van der Waals surface area contributed by atoms with Crippen LogP contribution in [0, 0.1) is 0 Å². The molecule has 2 aromatic carbocycles. The van der Waals surface area contributed by atoms with E-state index in [1.807, 2.05) is 6.92 Å². The first-order valence-electron chi connectivity index (χ1n) is 8.87. The van der Waals surface area contributed by atoms with Crippen molar-refractivity contribution in [2.75, 3.05) is 6.54 Å². The quantitative estimate of drug-likeness (QED) is 0.585. The fraction of sp³-hybridized carbons (Fsp3) is 0.304. The Labute approximate surface area is 146 Å². The maximum absolute atomic E-state index is 5.58. The Hall–Kier alpha value is -2.12. The minimum absolute atomic E-state index is 0.792. The van der Waals surface area contributed by atoms with Crippen LogP contribution in [0.3, 0.4) is 0 Å². The summed E-state index contributed by atoms with van der Waals surface area (Å²) in [4.78, 5) is 0. The molecule has 0 saturated carbocycles. The van der Waals surface area contributed by atoms with Crippen LogP contribution in [-0.4, -0.2) is 6.54 Å². The number of rotatable bonds is 8. The monoisotopic (exact) mass is 319 g/mol. The van der Waals surface area contributed by atoms with Gasteiger partial charge in [0.2, 0.25) is 0 Å². The summed E-state index contributed by atoms with van der Waals surface area (Å²) in [6.07, 6.45) is 8.97. The van der Waals surface area contributed by atoms with Gasteiger partial charge in [0, 0.05) is 0 Å². The van der Waals surface area contributed by atoms with Crippen LogP contribution in [0.25, 0.3) is 22.8 Å². The number of benzene rings is 2. The third-order valence-corrected chi connectivity index (χ3v) is 4.35. The summed E-state index contributed by atoms with van der Waals surface area (Å²) in [5.74, 6) is 0. The summed E-state index contributed by atoms with van der Waals surface area (Å²) in [6.45, 7) is 8.91. The Kier molecular flexibility index (Phi) is 7.02. The Bertz CT molecular complexity index is 692. The zero-order valence-electron chi connectivity index (χ0n) is 15.0. The molecule has 0 aliphatic carbocycles. The molecule has 2 rings (SSSR count). The topological polar surface area (TPSA) is 26.0 Å². The van der Waals surface area contributed by atoms with Gasteiger partial charge in [-0.2, -0.15) is 0 Å². The van der Waals surface area contributed by atoms with Gasteiger partial charge in [-0.05, 0) is 73.5 Å². The van der Waals surface area contributed by atoms with E-state index in [1.54, 1.807) is 0 Å². The molecular weight excluding hydrogens is 290 g/mol. The SMILES string of the molecule is C=C(C)c1ccc(-c2ccc(CCCCCN)c(/C=C\C)c2)cc1. The van der Waals surface area contributed by atoms with Crippen molar-refractivity contribution in [2.45, 2.75) is 39.5 Å². The Morgan fingerprint density at radius 2 is 1.71 bits per heavy atom. The second-order valence-corrected chi connectivity index (χ2v) is 6.37. The summed E-state index contributed by atoms with van der Waals surface area (Å²) in [5, 5.41) is 0. The standard InChI is InChI=1S/C23H29N/c1-4-8-22-17-23(15-14-20(22)9-6-5-7-16-24)21-12-10-19(11-13-21)18(2)3/h4,8,10-15,17H,2,5-7,9,16,24H2,1,3H3/b8-4-. The molecule has 0 heterocycles. The highest BCUT2D eigenvalue weighted by Crippen LogP contribution is 2.26. The van der Waals surface area contributed by atoms with E-state index in [9.17, 15) is 0 Å². The molecule has 24 heavy (non-hydrogen) atoms. The van der Waals surface area contributed by atoms with E-state index >= 15 is 0 Å². The maximum Gasteiger partial charge on any atom is -0.00773 e. The van der Waals surface area contributed by atoms with Crippen molar-refractivity contribution in [3.8, 4) is 11.1 Å². The molecule has 1 heteroatoms. The van der Waals surface area contributed by atoms with Crippen molar-refractivity contribution >= 4 is 11.6 Å². The lowest BCUT2D eigenvalue weighted by atomic mass is 9.95. The van der Waals surface area contributed by atoms with Gasteiger partial charge in [-0.3, -0.25) is 0 Å². The van der Waals surface area contributed by atoms with Gasteiger partial charge in [-0.15, -0.1) is 0 Å². The normalized spacial score (nSPS) is 11.1. The van der Waals surface area contributed by atoms with Crippen molar-refractivity contribution < 1.29 is 0 Å². The predicted molar refractivity (Wildman–Crippen MR) is 108 cm³/mol. The van der Waals surface area contributed by atoms with Crippen LogP contribution in [0.2, 0.25) is 0 Å². The molecule has 2 aromatic rings. The summed E-state index contributed by atoms with van der Waals surface area (Å²) in [5.41, 5.74) is 13.1. The number of nitrogens with two attached hydrogens (primary N) is 1. The van der Waals surface area contributed by atoms with Crippen LogP contribution >= 0.6 is 0 Å². The van der Waals surface area contributed by atoms with Crippen molar-refractivity contribution in [3.05, 3.63) is 71.8 Å². The minimum atomic E-state index is 0.792. The van der Waals surface area contributed by atoms with Crippen LogP contribution in [0.4, 0.5) is 0 Å². The van der Waals surface area contributed by atoms with Crippen molar-refractivity contribution in [1.29, 1.82) is 0 Å². The number of unbranched alkanes of at least 4 members (excludes halogenated alkanes) is 2. The predicted octanol–water partition coefficient (Wildman–Crippen LogP) is 6.09. The zero-order chi connectivity index (χ0) is 17.4. The molecule has 0 bridgehead atoms. The first kappa shape index (κ1) is 18.2. The average molecular weight is 319 g/mol. The molecule has 0 unspecified atom stereocenters. The highest BCUT2D eigenvalue weighted by molar-refractivity contribution is 5.71. The molecule has 0 fully saturated rings. The van der Waals surface area contributed by atoms with Crippen LogP contribution in [0.5, 0.6) is 0 Å². The lowest BCUT2D eigenvalue weighted by molar-refractivity contribution is 0.686. The van der Waals surface area contributed by atoms with Crippen molar-refractivity contribution in [3.63, 3.8) is 0 Å². The molecule has 0 saturated heterocycles. The van der Waals surface area contributed by atoms with Gasteiger partial charge in [0.05, 0.1) is 0 Å². The summed E-state index contributed by atoms with van der Waals surface area (Å²) in [7, 11) is 0. The Balaban J connectivity index is 2.22. The summed E-state index contributed by atoms with van der Waals surface area (Å²) < 4.78 is 0. The molecule has 0 aliphatic rings. The fourth-order valence-corrected chi connectivity index (χ4v) is 2.92. The molecular formula is C23H29N. The van der Waals surface area contributed by atoms with Gasteiger partial charge in [-0.25, -0.2) is 0 Å². The van der Waals surface area contributed by atoms with Gasteiger partial charge in [0.25, 0.3) is 0 Å². The summed E-state index contributed by atoms with van der Waals surface area (Å²) in [6, 6.07) is 15.5. The molecule has 1 nitrogen and oxygen atoms in total. The maximum atomic E-state index is 5.58. The lowest BCUT2D eigenvalue weighted by Crippen LogP contribution is -1.98. The largest absolute Gasteiger partial charge is 0.330 e. The van der Waals surface area contributed by atoms with Gasteiger partial charge >= 0.3 is 0 Å². The minimum Gasteiger partial charge on any atom is -0.330 e. The molecule has 0 aliphatic heterocycles. The van der Waals surface area contributed by atoms with Crippen LogP contribution in [0.1, 0.15) is 49.8 Å². The number of aryl methyl sites for hydroxylation is 1. The molecule has 0 radical (unpaired) electrons. The number of hydrogen-bond acceptors (Lipinski definition) is 1. The molecule has 0 atom stereocenters. The van der Waals surface area contributed by atoms with Crippen LogP contribution in [0.15, 0.2) is 55.1 Å². The van der Waals surface area contributed by atoms with E-state index in [4.69, 9.17) is 5.73 Å². The second kappa shape index (κ2) is 9.24. The van der Waals surface area contributed by atoms with Gasteiger partial charge in [0.1, 0.15) is 0 Å². The molecule has 0 spiro atoms. The van der Waals surface area contributed by atoms with Gasteiger partial charge < -0.3 is 5.73 Å². The van der Waals surface area contributed by atoms with Gasteiger partial charge in [-0.1, -0.05) is 67.1 Å². The van der Waals surface area contributed by atoms with Crippen molar-refractivity contribution in [2.24, 2.45) is 5.73 Å². The molecule has 0 amide bonds. The van der Waals surface area contributed by atoms with Gasteiger partial charge in [0.15, 0.2) is 0 Å². The highest BCUT2D eigenvalue weighted by atomic mass is 14.5. The van der Waals surface area contributed by atoms with E-state index in [0.29, 0.717) is 0 Å². The number of allylic oxidation sites excluding steroid dienone is 2. The number of hydrogen-bond donors (Lipinski definition) is 1. The Morgan fingerprint density at radius 3 is 2.33 bits per heavy atom. The molecule has 2 N–H and O–H groups in total.